The average Bonchev–Trinajstić information content (AvgIpc) is 4.15. The van der Waals surface area contributed by atoms with Crippen LogP contribution in [0.15, 0.2) is 78.7 Å². The summed E-state index contributed by atoms with van der Waals surface area (Å²) in [6.45, 7) is 18.6. The molecule has 1 saturated heterocycles. The smallest absolute Gasteiger partial charge is 0.404 e. The third-order valence-electron chi connectivity index (χ3n) is 14.3. The fraction of sp³-hybridized carbons (Fsp3) is 0.482. The third kappa shape index (κ3) is 13.6. The molecule has 1 fully saturated rings. The van der Waals surface area contributed by atoms with Gasteiger partial charge < -0.3 is 58.4 Å². The summed E-state index contributed by atoms with van der Waals surface area (Å²) in [5, 5.41) is 11.3. The Kier molecular flexibility index (Phi) is 17.9. The van der Waals surface area contributed by atoms with E-state index in [1.165, 1.54) is 24.0 Å². The van der Waals surface area contributed by atoms with Crippen LogP contribution >= 0.6 is 0 Å². The van der Waals surface area contributed by atoms with Crippen molar-refractivity contribution in [3.05, 3.63) is 95.3 Å². The molecule has 5 heterocycles. The average molecular weight is 1090 g/mol. The topological polar surface area (TPSA) is 192 Å². The number of nitrogens with one attached hydrogen (secondary N) is 1. The molecule has 8 rings (SSSR count). The lowest BCUT2D eigenvalue weighted by Gasteiger charge is -2.34. The van der Waals surface area contributed by atoms with Crippen LogP contribution in [0.3, 0.4) is 0 Å². The van der Waals surface area contributed by atoms with E-state index in [0.717, 1.165) is 55.1 Å². The molecule has 0 aromatic heterocycles. The second-order valence-electron chi connectivity index (χ2n) is 22.5. The number of carbonyl (C=O) groups excluding carboxylic acids is 4. The summed E-state index contributed by atoms with van der Waals surface area (Å²) < 4.78 is 36.7. The number of piperazine rings is 1. The molecule has 0 aliphatic carbocycles. The molecule has 0 bridgehead atoms. The number of nitrogens with zero attached hydrogens (tertiary/aromatic N) is 6. The Balaban J connectivity index is 0.995. The predicted octanol–water partition coefficient (Wildman–Crippen LogP) is 7.80. The summed E-state index contributed by atoms with van der Waals surface area (Å²) in [7, 11) is 2.18. The van der Waals surface area contributed by atoms with Crippen LogP contribution in [0.5, 0.6) is 23.0 Å². The van der Waals surface area contributed by atoms with Gasteiger partial charge in [0.15, 0.2) is 23.0 Å². The van der Waals surface area contributed by atoms with Gasteiger partial charge in [-0.15, -0.1) is 0 Å². The summed E-state index contributed by atoms with van der Waals surface area (Å²) in [6, 6.07) is 15.0. The highest BCUT2D eigenvalue weighted by atomic mass is 28.3. The Morgan fingerprint density at radius 1 is 0.675 bits per heavy atom. The molecular weight excluding hydrogens is 1020 g/mol. The van der Waals surface area contributed by atoms with Crippen molar-refractivity contribution < 1.29 is 57.5 Å². The minimum atomic E-state index is -1.47. The maximum absolute atomic E-state index is 14.8. The summed E-state index contributed by atoms with van der Waals surface area (Å²) in [4.78, 5) is 79.9. The van der Waals surface area contributed by atoms with E-state index in [0.29, 0.717) is 60.3 Å². The highest BCUT2D eigenvalue weighted by Crippen LogP contribution is 2.44. The molecule has 0 saturated carbocycles. The van der Waals surface area contributed by atoms with Gasteiger partial charge in [-0.05, 0) is 60.1 Å². The first-order valence-electron chi connectivity index (χ1n) is 26.5. The van der Waals surface area contributed by atoms with Gasteiger partial charge >= 0.3 is 6.09 Å². The van der Waals surface area contributed by atoms with Crippen LogP contribution in [0.25, 0.3) is 5.57 Å². The van der Waals surface area contributed by atoms with Crippen LogP contribution in [-0.4, -0.2) is 172 Å². The number of methoxy groups -OCH3 is 2. The van der Waals surface area contributed by atoms with Crippen molar-refractivity contribution in [3.63, 3.8) is 0 Å². The normalized spacial score (nSPS) is 18.9. The van der Waals surface area contributed by atoms with Gasteiger partial charge in [-0.2, -0.15) is 0 Å². The van der Waals surface area contributed by atoms with Crippen molar-refractivity contribution >= 4 is 68.5 Å². The summed E-state index contributed by atoms with van der Waals surface area (Å²) in [5.74, 6) is -0.115. The molecule has 77 heavy (non-hydrogen) atoms. The summed E-state index contributed by atoms with van der Waals surface area (Å²) in [6.07, 6.45) is 6.55. The monoisotopic (exact) mass is 1090 g/mol. The van der Waals surface area contributed by atoms with Gasteiger partial charge in [-0.3, -0.25) is 29.0 Å². The van der Waals surface area contributed by atoms with Crippen molar-refractivity contribution in [2.75, 3.05) is 109 Å². The van der Waals surface area contributed by atoms with Crippen LogP contribution in [0.2, 0.25) is 51.4 Å². The predicted molar refractivity (Wildman–Crippen MR) is 301 cm³/mol. The number of hydrogen-bond acceptors (Lipinski definition) is 13. The highest BCUT2D eigenvalue weighted by Gasteiger charge is 2.45. The number of allylic oxidation sites excluding steroid dienone is 1. The van der Waals surface area contributed by atoms with E-state index in [-0.39, 0.29) is 74.2 Å². The van der Waals surface area contributed by atoms with E-state index in [2.05, 4.69) is 85.7 Å². The number of benzene rings is 3. The number of likely N-dealkylation sites (N-methyl/N-ethyl adjacent to an activating group) is 1. The van der Waals surface area contributed by atoms with Crippen molar-refractivity contribution in [1.29, 1.82) is 0 Å². The molecule has 0 radical (unpaired) electrons. The third-order valence-corrected chi connectivity index (χ3v) is 17.7. The fourth-order valence-electron chi connectivity index (χ4n) is 9.75. The number of fused-ring (bicyclic) bond motifs is 4. The zero-order valence-corrected chi connectivity index (χ0v) is 48.0. The highest BCUT2D eigenvalue weighted by molar-refractivity contribution is 6.76. The lowest BCUT2D eigenvalue weighted by atomic mass is 10.0. The number of rotatable bonds is 23. The largest absolute Gasteiger partial charge is 0.493 e. The van der Waals surface area contributed by atoms with Crippen molar-refractivity contribution in [2.45, 2.75) is 82.7 Å². The number of anilines is 3. The Bertz CT molecular complexity index is 2780. The van der Waals surface area contributed by atoms with Gasteiger partial charge in [0.2, 0.25) is 0 Å². The summed E-state index contributed by atoms with van der Waals surface area (Å²) >= 11 is 0. The van der Waals surface area contributed by atoms with Crippen molar-refractivity contribution in [3.8, 4) is 23.0 Å². The van der Waals surface area contributed by atoms with Crippen molar-refractivity contribution in [1.82, 2.24) is 20.0 Å². The minimum absolute atomic E-state index is 0.0493. The van der Waals surface area contributed by atoms with Crippen LogP contribution in [-0.2, 0) is 19.1 Å². The van der Waals surface area contributed by atoms with E-state index in [9.17, 15) is 24.0 Å². The van der Waals surface area contributed by atoms with Crippen molar-refractivity contribution in [2.24, 2.45) is 0 Å². The van der Waals surface area contributed by atoms with Crippen LogP contribution in [0.4, 0.5) is 21.9 Å². The van der Waals surface area contributed by atoms with Gasteiger partial charge in [-0.25, -0.2) is 4.79 Å². The molecule has 5 aliphatic heterocycles. The molecule has 0 spiro atoms. The number of carbonyl (C=O) groups is 5. The fourth-order valence-corrected chi connectivity index (χ4v) is 11.3. The van der Waals surface area contributed by atoms with E-state index >= 15 is 0 Å². The lowest BCUT2D eigenvalue weighted by Crippen LogP contribution is -2.45. The van der Waals surface area contributed by atoms with E-state index < -0.39 is 40.2 Å². The van der Waals surface area contributed by atoms with Gasteiger partial charge in [0.25, 0.3) is 23.6 Å². The second kappa shape index (κ2) is 24.3. The first-order valence-corrected chi connectivity index (χ1v) is 33.9. The Morgan fingerprint density at radius 2 is 1.18 bits per heavy atom. The van der Waals surface area contributed by atoms with Crippen LogP contribution in [0.1, 0.15) is 45.5 Å². The zero-order chi connectivity index (χ0) is 55.2. The molecule has 21 heteroatoms. The quantitative estimate of drug-likeness (QED) is 0.0691. The summed E-state index contributed by atoms with van der Waals surface area (Å²) in [5.41, 5.74) is 4.89. The van der Waals surface area contributed by atoms with Gasteiger partial charge in [0, 0.05) is 112 Å². The number of ether oxygens (including phenoxy) is 6. The maximum atomic E-state index is 14.8. The Hall–Kier alpha value is -6.66. The van der Waals surface area contributed by atoms with Gasteiger partial charge in [0.1, 0.15) is 25.5 Å². The van der Waals surface area contributed by atoms with E-state index in [1.807, 2.05) is 6.20 Å². The lowest BCUT2D eigenvalue weighted by molar-refractivity contribution is -0.123. The van der Waals surface area contributed by atoms with Gasteiger partial charge in [0.05, 0.1) is 49.9 Å². The standard InChI is InChI=1S/C56H75N7O12Si2/c1-58-18-20-59(21-19-58)41-15-13-39(14-16-41)40-29-47-55(67)63(37-73-25-27-77(7,8)9)45-33-51(49(71-3)31-43(45)53(65)61(47)35-40)75-23-11-22-74-50-32-44-42(30-48(50)70-2)52(64)60-34-38(12-10-17-57-56(68)69)28-46(60)54(66)62(44)36-72-24-26-76(4,5)6/h10,12-16,30-35,46-47,57H,11,17-29,36-37H2,1-9H3,(H,68,69)/b12-10+/t46-,47-/m0/s1. The molecule has 0 unspecified atom stereocenters. The molecule has 5 aliphatic rings. The Morgan fingerprint density at radius 3 is 1.68 bits per heavy atom. The first-order chi connectivity index (χ1) is 36.7. The molecule has 19 nitrogen and oxygen atoms in total. The Labute approximate surface area is 453 Å². The molecule has 2 atom stereocenters. The first kappa shape index (κ1) is 56.5. The number of hydrogen-bond donors (Lipinski definition) is 2. The number of amides is 5. The molecule has 5 amide bonds. The zero-order valence-electron chi connectivity index (χ0n) is 46.0. The second-order valence-corrected chi connectivity index (χ2v) is 33.7. The molecule has 2 N–H and O–H groups in total. The minimum Gasteiger partial charge on any atom is -0.493 e. The molecular formula is C56H75N7O12Si2. The molecule has 3 aromatic carbocycles. The SMILES string of the molecule is COc1cc2c(cc1OCCCOc1cc3c(cc1OC)C(=O)N1C=C(c4ccc(N5CCN(C)CC5)cc4)C[C@H]1C(=O)N3COCC[Si](C)(C)C)N(COCC[Si](C)(C)C)C(=O)[C@@H]1CC(/C=C/CNC(=O)O)=CN1C2=O. The maximum Gasteiger partial charge on any atom is 0.404 e. The number of carboxylic acid groups (broad SMARTS) is 1. The van der Waals surface area contributed by atoms with Crippen LogP contribution < -0.4 is 39.0 Å². The van der Waals surface area contributed by atoms with E-state index in [4.69, 9.17) is 33.5 Å². The van der Waals surface area contributed by atoms with Gasteiger partial charge in [-0.1, -0.05) is 63.6 Å². The van der Waals surface area contributed by atoms with E-state index in [1.54, 1.807) is 52.4 Å². The molecule has 414 valence electrons. The van der Waals surface area contributed by atoms with Crippen LogP contribution in [0, 0.1) is 0 Å². The molecule has 3 aromatic rings.